The van der Waals surface area contributed by atoms with Gasteiger partial charge in [-0.1, -0.05) is 23.4 Å². The first-order chi connectivity index (χ1) is 7.16. The minimum Gasteiger partial charge on any atom is -0.321 e. The Hall–Kier alpha value is -1.49. The quantitative estimate of drug-likeness (QED) is 0.794. The van der Waals surface area contributed by atoms with Crippen molar-refractivity contribution in [3.63, 3.8) is 0 Å². The fourth-order valence-electron chi connectivity index (χ4n) is 1.14. The van der Waals surface area contributed by atoms with Crippen molar-refractivity contribution in [2.45, 2.75) is 6.43 Å². The van der Waals surface area contributed by atoms with Crippen LogP contribution in [0.4, 0.5) is 8.78 Å². The summed E-state index contributed by atoms with van der Waals surface area (Å²) in [7, 11) is 0. The molecule has 3 nitrogen and oxygen atoms in total. The maximum Gasteiger partial charge on any atom is 0.320 e. The normalized spacial score (nSPS) is 10.9. The molecule has 0 spiro atoms. The topological polar surface area (TPSA) is 38.9 Å². The Balaban J connectivity index is 2.41. The molecule has 1 aromatic carbocycles. The van der Waals surface area contributed by atoms with Crippen LogP contribution in [-0.4, -0.2) is 10.1 Å². The second-order valence-electron chi connectivity index (χ2n) is 2.80. The first kappa shape index (κ1) is 10.0. The molecule has 0 unspecified atom stereocenters. The van der Waals surface area contributed by atoms with Crippen LogP contribution in [0.5, 0.6) is 0 Å². The van der Waals surface area contributed by atoms with E-state index in [0.717, 1.165) is 0 Å². The highest BCUT2D eigenvalue weighted by Gasteiger charge is 2.11. The maximum absolute atomic E-state index is 12.4. The number of benzene rings is 1. The zero-order valence-corrected chi connectivity index (χ0v) is 8.08. The Morgan fingerprint density at radius 2 is 2.13 bits per heavy atom. The summed E-state index contributed by atoms with van der Waals surface area (Å²) in [5, 5.41) is 3.41. The minimum atomic E-state index is -2.52. The molecule has 0 aliphatic carbocycles. The van der Waals surface area contributed by atoms with Gasteiger partial charge in [-0.3, -0.25) is 0 Å². The molecule has 6 heteroatoms. The third-order valence-electron chi connectivity index (χ3n) is 1.80. The molecule has 0 amide bonds. The second kappa shape index (κ2) is 3.94. The SMILES string of the molecule is FC(F)c1cccc(-c2noc(Cl)n2)c1. The smallest absolute Gasteiger partial charge is 0.320 e. The fourth-order valence-corrected chi connectivity index (χ4v) is 1.25. The largest absolute Gasteiger partial charge is 0.321 e. The van der Waals surface area contributed by atoms with Crippen LogP contribution < -0.4 is 0 Å². The maximum atomic E-state index is 12.4. The third-order valence-corrected chi connectivity index (χ3v) is 1.95. The molecule has 1 heterocycles. The lowest BCUT2D eigenvalue weighted by Gasteiger charge is -2.00. The van der Waals surface area contributed by atoms with Crippen molar-refractivity contribution in [1.82, 2.24) is 10.1 Å². The molecule has 0 aliphatic rings. The number of nitrogens with zero attached hydrogens (tertiary/aromatic N) is 2. The van der Waals surface area contributed by atoms with Crippen LogP contribution in [0, 0.1) is 0 Å². The summed E-state index contributed by atoms with van der Waals surface area (Å²) >= 11 is 5.42. The van der Waals surface area contributed by atoms with Crippen molar-refractivity contribution >= 4 is 11.6 Å². The number of aromatic nitrogens is 2. The number of alkyl halides is 2. The summed E-state index contributed by atoms with van der Waals surface area (Å²) < 4.78 is 29.3. The molecule has 0 aliphatic heterocycles. The molecule has 0 radical (unpaired) electrons. The van der Waals surface area contributed by atoms with Gasteiger partial charge in [-0.15, -0.1) is 0 Å². The van der Waals surface area contributed by atoms with Crippen molar-refractivity contribution in [3.8, 4) is 11.4 Å². The average molecular weight is 231 g/mol. The van der Waals surface area contributed by atoms with E-state index in [1.807, 2.05) is 0 Å². The Bertz CT molecular complexity index is 473. The number of hydrogen-bond donors (Lipinski definition) is 0. The average Bonchev–Trinajstić information content (AvgIpc) is 2.65. The van der Waals surface area contributed by atoms with Crippen LogP contribution in [0.15, 0.2) is 28.8 Å². The number of hydrogen-bond acceptors (Lipinski definition) is 3. The van der Waals surface area contributed by atoms with Crippen molar-refractivity contribution in [2.24, 2.45) is 0 Å². The molecule has 0 saturated carbocycles. The lowest BCUT2D eigenvalue weighted by Crippen LogP contribution is -1.86. The minimum absolute atomic E-state index is 0.0894. The molecular weight excluding hydrogens is 226 g/mol. The molecule has 1 aromatic heterocycles. The van der Waals surface area contributed by atoms with E-state index in [0.29, 0.717) is 5.56 Å². The molecule has 2 rings (SSSR count). The highest BCUT2D eigenvalue weighted by atomic mass is 35.5. The summed E-state index contributed by atoms with van der Waals surface area (Å²) in [5.41, 5.74) is 0.358. The lowest BCUT2D eigenvalue weighted by molar-refractivity contribution is 0.151. The van der Waals surface area contributed by atoms with Crippen LogP contribution in [0.3, 0.4) is 0 Å². The highest BCUT2D eigenvalue weighted by Crippen LogP contribution is 2.24. The van der Waals surface area contributed by atoms with E-state index >= 15 is 0 Å². The third kappa shape index (κ3) is 2.12. The zero-order valence-electron chi connectivity index (χ0n) is 7.32. The van der Waals surface area contributed by atoms with Crippen molar-refractivity contribution < 1.29 is 13.3 Å². The van der Waals surface area contributed by atoms with E-state index in [9.17, 15) is 8.78 Å². The molecule has 0 saturated heterocycles. The van der Waals surface area contributed by atoms with Crippen molar-refractivity contribution in [1.29, 1.82) is 0 Å². The van der Waals surface area contributed by atoms with E-state index < -0.39 is 6.43 Å². The van der Waals surface area contributed by atoms with Gasteiger partial charge < -0.3 is 4.52 Å². The highest BCUT2D eigenvalue weighted by molar-refractivity contribution is 6.27. The number of rotatable bonds is 2. The summed E-state index contributed by atoms with van der Waals surface area (Å²) in [4.78, 5) is 3.72. The predicted octanol–water partition coefficient (Wildman–Crippen LogP) is 3.33. The van der Waals surface area contributed by atoms with Crippen molar-refractivity contribution in [3.05, 3.63) is 35.2 Å². The number of halogens is 3. The van der Waals surface area contributed by atoms with E-state index in [1.165, 1.54) is 18.2 Å². The van der Waals surface area contributed by atoms with Gasteiger partial charge >= 0.3 is 5.35 Å². The van der Waals surface area contributed by atoms with Gasteiger partial charge in [-0.25, -0.2) is 8.78 Å². The molecule has 2 aromatic rings. The summed E-state index contributed by atoms with van der Waals surface area (Å²) in [6.07, 6.45) is -2.52. The molecule has 15 heavy (non-hydrogen) atoms. The van der Waals surface area contributed by atoms with Gasteiger partial charge in [0, 0.05) is 11.1 Å². The molecule has 0 N–H and O–H groups in total. The Morgan fingerprint density at radius 1 is 1.33 bits per heavy atom. The second-order valence-corrected chi connectivity index (χ2v) is 3.12. The Morgan fingerprint density at radius 3 is 2.73 bits per heavy atom. The summed E-state index contributed by atoms with van der Waals surface area (Å²) in [5.74, 6) is 0.197. The van der Waals surface area contributed by atoms with Crippen LogP contribution in [0.1, 0.15) is 12.0 Å². The van der Waals surface area contributed by atoms with Crippen LogP contribution in [0.25, 0.3) is 11.4 Å². The molecule has 0 atom stereocenters. The monoisotopic (exact) mass is 230 g/mol. The van der Waals surface area contributed by atoms with E-state index in [1.54, 1.807) is 6.07 Å². The standard InChI is InChI=1S/C9H5ClF2N2O/c10-9-13-8(14-15-9)6-3-1-2-5(4-6)7(11)12/h1-4,7H. The molecule has 0 fully saturated rings. The summed E-state index contributed by atoms with van der Waals surface area (Å²) in [6.45, 7) is 0. The first-order valence-corrected chi connectivity index (χ1v) is 4.42. The van der Waals surface area contributed by atoms with Crippen LogP contribution in [-0.2, 0) is 0 Å². The lowest BCUT2D eigenvalue weighted by atomic mass is 10.1. The van der Waals surface area contributed by atoms with Gasteiger partial charge in [-0.2, -0.15) is 4.98 Å². The Kier molecular flexibility index (Phi) is 2.64. The van der Waals surface area contributed by atoms with Gasteiger partial charge in [0.1, 0.15) is 0 Å². The van der Waals surface area contributed by atoms with Crippen molar-refractivity contribution in [2.75, 3.05) is 0 Å². The van der Waals surface area contributed by atoms with Gasteiger partial charge in [0.15, 0.2) is 0 Å². The first-order valence-electron chi connectivity index (χ1n) is 4.04. The fraction of sp³-hybridized carbons (Fsp3) is 0.111. The van der Waals surface area contributed by atoms with E-state index in [4.69, 9.17) is 11.6 Å². The molecule has 0 bridgehead atoms. The Labute approximate surface area is 88.7 Å². The van der Waals surface area contributed by atoms with E-state index in [-0.39, 0.29) is 16.7 Å². The summed E-state index contributed by atoms with van der Waals surface area (Å²) in [6, 6.07) is 5.73. The van der Waals surface area contributed by atoms with Gasteiger partial charge in [0.25, 0.3) is 6.43 Å². The van der Waals surface area contributed by atoms with Gasteiger partial charge in [-0.05, 0) is 17.7 Å². The molecule has 78 valence electrons. The predicted molar refractivity (Wildman–Crippen MR) is 49.7 cm³/mol. The van der Waals surface area contributed by atoms with Crippen LogP contribution in [0.2, 0.25) is 5.35 Å². The zero-order chi connectivity index (χ0) is 10.8. The van der Waals surface area contributed by atoms with Gasteiger partial charge in [0.05, 0.1) is 0 Å². The molecular formula is C9H5ClF2N2O. The van der Waals surface area contributed by atoms with E-state index in [2.05, 4.69) is 14.7 Å². The van der Waals surface area contributed by atoms with Crippen LogP contribution >= 0.6 is 11.6 Å². The van der Waals surface area contributed by atoms with Gasteiger partial charge in [0.2, 0.25) is 5.82 Å².